The second-order valence-corrected chi connectivity index (χ2v) is 7.18. The molecule has 1 aliphatic rings. The van der Waals surface area contributed by atoms with Crippen molar-refractivity contribution in [2.45, 2.75) is 25.9 Å². The Morgan fingerprint density at radius 1 is 1.31 bits per heavy atom. The highest BCUT2D eigenvalue weighted by Gasteiger charge is 2.28. The van der Waals surface area contributed by atoms with Gasteiger partial charge in [-0.25, -0.2) is 0 Å². The van der Waals surface area contributed by atoms with Crippen LogP contribution in [0.15, 0.2) is 48.5 Å². The lowest BCUT2D eigenvalue weighted by Crippen LogP contribution is -2.39. The monoisotopic (exact) mass is 393 g/mol. The highest BCUT2D eigenvalue weighted by Crippen LogP contribution is 2.23. The molecule has 2 aromatic rings. The highest BCUT2D eigenvalue weighted by atomic mass is 35.5. The van der Waals surface area contributed by atoms with Crippen molar-refractivity contribution in [2.24, 2.45) is 5.92 Å². The molecule has 0 aliphatic carbocycles. The first kappa shape index (κ1) is 20.6. The molecule has 140 valence electrons. The minimum Gasteiger partial charge on any atom is -0.399 e. The summed E-state index contributed by atoms with van der Waals surface area (Å²) in [6.07, 6.45) is 1.09. The first-order valence-electron chi connectivity index (χ1n) is 8.65. The topological polar surface area (TPSA) is 58.4 Å². The van der Waals surface area contributed by atoms with Gasteiger partial charge in [-0.2, -0.15) is 0 Å². The molecule has 0 saturated carbocycles. The van der Waals surface area contributed by atoms with E-state index in [-0.39, 0.29) is 24.4 Å². The number of hydrogen-bond acceptors (Lipinski definition) is 3. The summed E-state index contributed by atoms with van der Waals surface area (Å²) in [5.74, 6) is 0.305. The lowest BCUT2D eigenvalue weighted by atomic mass is 10.00. The van der Waals surface area contributed by atoms with Gasteiger partial charge in [-0.1, -0.05) is 41.9 Å². The van der Waals surface area contributed by atoms with Gasteiger partial charge in [0.15, 0.2) is 0 Å². The third-order valence-electron chi connectivity index (χ3n) is 4.86. The number of benzene rings is 2. The maximum Gasteiger partial charge on any atom is 0.253 e. The molecule has 2 unspecified atom stereocenters. The molecule has 0 bridgehead atoms. The fourth-order valence-corrected chi connectivity index (χ4v) is 3.65. The fraction of sp³-hybridized carbons (Fsp3) is 0.350. The molecule has 26 heavy (non-hydrogen) atoms. The van der Waals surface area contributed by atoms with Gasteiger partial charge in [0, 0.05) is 24.8 Å². The molecule has 4 nitrogen and oxygen atoms in total. The third kappa shape index (κ3) is 5.13. The van der Waals surface area contributed by atoms with Crippen LogP contribution >= 0.6 is 24.0 Å². The van der Waals surface area contributed by atoms with Crippen LogP contribution in [0.5, 0.6) is 0 Å². The predicted molar refractivity (Wildman–Crippen MR) is 110 cm³/mol. The van der Waals surface area contributed by atoms with E-state index in [9.17, 15) is 4.79 Å². The van der Waals surface area contributed by atoms with E-state index in [4.69, 9.17) is 17.3 Å². The van der Waals surface area contributed by atoms with Crippen molar-refractivity contribution in [1.29, 1.82) is 0 Å². The molecule has 0 radical (unpaired) electrons. The van der Waals surface area contributed by atoms with Crippen molar-refractivity contribution in [3.63, 3.8) is 0 Å². The number of nitrogen functional groups attached to an aromatic ring is 1. The second-order valence-electron chi connectivity index (χ2n) is 6.77. The van der Waals surface area contributed by atoms with Crippen LogP contribution in [-0.4, -0.2) is 29.9 Å². The van der Waals surface area contributed by atoms with Crippen LogP contribution in [0, 0.1) is 5.92 Å². The number of nitrogens with two attached hydrogens (primary N) is 1. The van der Waals surface area contributed by atoms with Gasteiger partial charge in [0.1, 0.15) is 0 Å². The van der Waals surface area contributed by atoms with E-state index < -0.39 is 0 Å². The number of amides is 1. The Morgan fingerprint density at radius 2 is 2.04 bits per heavy atom. The predicted octanol–water partition coefficient (Wildman–Crippen LogP) is 3.98. The lowest BCUT2D eigenvalue weighted by Gasteiger charge is -2.22. The van der Waals surface area contributed by atoms with Gasteiger partial charge in [-0.3, -0.25) is 9.69 Å². The van der Waals surface area contributed by atoms with Gasteiger partial charge in [-0.15, -0.1) is 12.4 Å². The van der Waals surface area contributed by atoms with Gasteiger partial charge in [0.2, 0.25) is 0 Å². The SMILES string of the molecule is CC(NC(=O)c1ccc(N)cc1Cl)C1CCN(Cc2ccccc2)C1.Cl. The summed E-state index contributed by atoms with van der Waals surface area (Å²) in [5.41, 5.74) is 8.04. The number of rotatable bonds is 5. The standard InChI is InChI=1S/C20H24ClN3O.ClH/c1-14(23-20(25)18-8-7-17(22)11-19(18)21)16-9-10-24(13-16)12-15-5-3-2-4-6-15;/h2-8,11,14,16H,9-10,12-13,22H2,1H3,(H,23,25);1H. The Bertz CT molecular complexity index is 739. The van der Waals surface area contributed by atoms with Gasteiger partial charge in [-0.05, 0) is 49.6 Å². The van der Waals surface area contributed by atoms with Crippen LogP contribution in [0.25, 0.3) is 0 Å². The van der Waals surface area contributed by atoms with E-state index in [2.05, 4.69) is 41.4 Å². The molecule has 2 atom stereocenters. The smallest absolute Gasteiger partial charge is 0.253 e. The van der Waals surface area contributed by atoms with Crippen LogP contribution in [0.4, 0.5) is 5.69 Å². The third-order valence-corrected chi connectivity index (χ3v) is 5.17. The number of nitrogens with zero attached hydrogens (tertiary/aromatic N) is 1. The van der Waals surface area contributed by atoms with E-state index in [1.54, 1.807) is 18.2 Å². The summed E-state index contributed by atoms with van der Waals surface area (Å²) in [6.45, 7) is 5.08. The summed E-state index contributed by atoms with van der Waals surface area (Å²) in [7, 11) is 0. The Morgan fingerprint density at radius 3 is 2.73 bits per heavy atom. The number of anilines is 1. The number of carbonyl (C=O) groups is 1. The van der Waals surface area contributed by atoms with Crippen LogP contribution in [0.3, 0.4) is 0 Å². The quantitative estimate of drug-likeness (QED) is 0.755. The Balaban J connectivity index is 0.00000243. The van der Waals surface area contributed by atoms with Crippen molar-refractivity contribution in [2.75, 3.05) is 18.8 Å². The molecule has 0 aromatic heterocycles. The zero-order valence-corrected chi connectivity index (χ0v) is 16.4. The summed E-state index contributed by atoms with van der Waals surface area (Å²) < 4.78 is 0. The largest absolute Gasteiger partial charge is 0.399 e. The van der Waals surface area contributed by atoms with E-state index in [0.29, 0.717) is 22.2 Å². The average molecular weight is 394 g/mol. The van der Waals surface area contributed by atoms with Crippen molar-refractivity contribution >= 4 is 35.6 Å². The van der Waals surface area contributed by atoms with Crippen molar-refractivity contribution in [3.8, 4) is 0 Å². The first-order valence-corrected chi connectivity index (χ1v) is 9.03. The fourth-order valence-electron chi connectivity index (χ4n) is 3.37. The minimum atomic E-state index is -0.140. The number of likely N-dealkylation sites (tertiary alicyclic amines) is 1. The molecule has 1 saturated heterocycles. The zero-order valence-electron chi connectivity index (χ0n) is 14.8. The van der Waals surface area contributed by atoms with Crippen molar-refractivity contribution < 1.29 is 4.79 Å². The van der Waals surface area contributed by atoms with E-state index in [1.165, 1.54) is 5.56 Å². The van der Waals surface area contributed by atoms with Crippen LogP contribution in [0.2, 0.25) is 5.02 Å². The normalized spacial score (nSPS) is 18.2. The molecule has 1 aliphatic heterocycles. The Hall–Kier alpha value is -1.75. The maximum absolute atomic E-state index is 12.5. The Labute approximate surface area is 166 Å². The molecular weight excluding hydrogens is 369 g/mol. The number of carbonyl (C=O) groups excluding carboxylic acids is 1. The summed E-state index contributed by atoms with van der Waals surface area (Å²) in [4.78, 5) is 14.9. The molecule has 1 amide bonds. The summed E-state index contributed by atoms with van der Waals surface area (Å²) in [6, 6.07) is 15.6. The highest BCUT2D eigenvalue weighted by molar-refractivity contribution is 6.34. The molecule has 2 aromatic carbocycles. The van der Waals surface area contributed by atoms with Gasteiger partial charge in [0.25, 0.3) is 5.91 Å². The van der Waals surface area contributed by atoms with E-state index in [1.807, 2.05) is 6.07 Å². The average Bonchev–Trinajstić information content (AvgIpc) is 3.04. The Kier molecular flexibility index (Phi) is 7.33. The molecule has 3 rings (SSSR count). The molecule has 3 N–H and O–H groups in total. The lowest BCUT2D eigenvalue weighted by molar-refractivity contribution is 0.0927. The van der Waals surface area contributed by atoms with Crippen LogP contribution in [-0.2, 0) is 6.54 Å². The van der Waals surface area contributed by atoms with E-state index >= 15 is 0 Å². The number of nitrogens with one attached hydrogen (secondary N) is 1. The van der Waals surface area contributed by atoms with Crippen molar-refractivity contribution in [3.05, 3.63) is 64.7 Å². The van der Waals surface area contributed by atoms with Gasteiger partial charge >= 0.3 is 0 Å². The van der Waals surface area contributed by atoms with Gasteiger partial charge < -0.3 is 11.1 Å². The number of hydrogen-bond donors (Lipinski definition) is 2. The van der Waals surface area contributed by atoms with E-state index in [0.717, 1.165) is 26.1 Å². The second kappa shape index (κ2) is 9.26. The molecule has 1 fully saturated rings. The van der Waals surface area contributed by atoms with Crippen LogP contribution in [0.1, 0.15) is 29.3 Å². The van der Waals surface area contributed by atoms with Crippen molar-refractivity contribution in [1.82, 2.24) is 10.2 Å². The minimum absolute atomic E-state index is 0. The summed E-state index contributed by atoms with van der Waals surface area (Å²) >= 11 is 6.13. The maximum atomic E-state index is 12.5. The first-order chi connectivity index (χ1) is 12.0. The molecule has 0 spiro atoms. The number of halogens is 2. The zero-order chi connectivity index (χ0) is 17.8. The summed E-state index contributed by atoms with van der Waals surface area (Å²) in [5, 5.41) is 3.48. The van der Waals surface area contributed by atoms with Crippen LogP contribution < -0.4 is 11.1 Å². The molecule has 6 heteroatoms. The van der Waals surface area contributed by atoms with Gasteiger partial charge in [0.05, 0.1) is 10.6 Å². The molecular formula is C20H25Cl2N3O. The molecule has 1 heterocycles.